The van der Waals surface area contributed by atoms with Crippen LogP contribution in [0.25, 0.3) is 0 Å². The molecule has 0 saturated carbocycles. The van der Waals surface area contributed by atoms with Gasteiger partial charge in [-0.15, -0.1) is 0 Å². The first kappa shape index (κ1) is 24.4. The van der Waals surface area contributed by atoms with Gasteiger partial charge < -0.3 is 14.6 Å². The number of carbonyl (C=O) groups is 2. The van der Waals surface area contributed by atoms with Gasteiger partial charge in [0.25, 0.3) is 5.91 Å². The third-order valence-electron chi connectivity index (χ3n) is 4.70. The first-order valence-corrected chi connectivity index (χ1v) is 11.3. The topological polar surface area (TPSA) is 97.2 Å². The number of hydrazone groups is 1. The molecule has 3 aromatic rings. The molecule has 0 saturated heterocycles. The number of ether oxygens (including phenoxy) is 2. The normalized spacial score (nSPS) is 11.2. The zero-order valence-corrected chi connectivity index (χ0v) is 20.1. The predicted molar refractivity (Wildman–Crippen MR) is 133 cm³/mol. The highest BCUT2D eigenvalue weighted by atomic mass is 127. The summed E-state index contributed by atoms with van der Waals surface area (Å²) in [5.74, 6) is -0.585. The Morgan fingerprint density at radius 3 is 2.18 bits per heavy atom. The molecule has 7 nitrogen and oxygen atoms in total. The number of nitrogens with zero attached hydrogens (tertiary/aromatic N) is 1. The number of rotatable bonds is 9. The summed E-state index contributed by atoms with van der Waals surface area (Å²) >= 11 is 2.08. The zero-order chi connectivity index (χ0) is 23.7. The highest BCUT2D eigenvalue weighted by molar-refractivity contribution is 14.1. The maximum Gasteiger partial charge on any atom is 0.344 e. The van der Waals surface area contributed by atoms with Gasteiger partial charge in [0.15, 0.2) is 12.2 Å². The van der Waals surface area contributed by atoms with Crippen LogP contribution in [0.4, 0.5) is 0 Å². The smallest absolute Gasteiger partial charge is 0.344 e. The van der Waals surface area contributed by atoms with Crippen molar-refractivity contribution in [2.45, 2.75) is 12.5 Å². The minimum absolute atomic E-state index is 0.176. The van der Waals surface area contributed by atoms with Crippen molar-refractivity contribution in [2.75, 3.05) is 13.2 Å². The number of esters is 1. The molecule has 0 unspecified atom stereocenters. The summed E-state index contributed by atoms with van der Waals surface area (Å²) < 4.78 is 11.1. The summed E-state index contributed by atoms with van der Waals surface area (Å²) in [6, 6.07) is 22.6. The van der Waals surface area contributed by atoms with Crippen LogP contribution in [0.3, 0.4) is 0 Å². The average molecular weight is 558 g/mol. The summed E-state index contributed by atoms with van der Waals surface area (Å²) in [6.07, 6.45) is 1.46. The SMILES string of the molecule is CCOC(=O)COc1ccc(/C=N/NC(=O)C(O)(c2ccccc2)c2ccccc2)cc1I. The Hall–Kier alpha value is -3.24. The lowest BCUT2D eigenvalue weighted by atomic mass is 9.85. The number of hydrogen-bond acceptors (Lipinski definition) is 6. The molecule has 0 aliphatic heterocycles. The monoisotopic (exact) mass is 558 g/mol. The van der Waals surface area contributed by atoms with Crippen molar-refractivity contribution >= 4 is 40.7 Å². The summed E-state index contributed by atoms with van der Waals surface area (Å²) in [7, 11) is 0. The molecule has 0 aromatic heterocycles. The number of nitrogens with one attached hydrogen (secondary N) is 1. The molecule has 170 valence electrons. The third-order valence-corrected chi connectivity index (χ3v) is 5.54. The fourth-order valence-corrected chi connectivity index (χ4v) is 3.78. The van der Waals surface area contributed by atoms with Crippen molar-refractivity contribution < 1.29 is 24.2 Å². The van der Waals surface area contributed by atoms with Crippen LogP contribution in [-0.4, -0.2) is 36.4 Å². The second-order valence-corrected chi connectivity index (χ2v) is 8.09. The molecular formula is C25H23IN2O5. The summed E-state index contributed by atoms with van der Waals surface area (Å²) in [5, 5.41) is 15.4. The maximum absolute atomic E-state index is 13.0. The van der Waals surface area contributed by atoms with Crippen molar-refractivity contribution in [1.82, 2.24) is 5.43 Å². The summed E-state index contributed by atoms with van der Waals surface area (Å²) in [4.78, 5) is 24.5. The molecule has 0 aliphatic rings. The van der Waals surface area contributed by atoms with Crippen LogP contribution in [0.1, 0.15) is 23.6 Å². The van der Waals surface area contributed by atoms with Crippen molar-refractivity contribution in [3.63, 3.8) is 0 Å². The Morgan fingerprint density at radius 1 is 1.03 bits per heavy atom. The van der Waals surface area contributed by atoms with Crippen molar-refractivity contribution in [1.29, 1.82) is 0 Å². The van der Waals surface area contributed by atoms with Crippen LogP contribution in [0, 0.1) is 3.57 Å². The van der Waals surface area contributed by atoms with Crippen molar-refractivity contribution in [2.24, 2.45) is 5.10 Å². The quantitative estimate of drug-likeness (QED) is 0.181. The summed E-state index contributed by atoms with van der Waals surface area (Å²) in [5.41, 5.74) is 2.10. The van der Waals surface area contributed by atoms with Crippen molar-refractivity contribution in [3.8, 4) is 5.75 Å². The van der Waals surface area contributed by atoms with E-state index in [-0.39, 0.29) is 6.61 Å². The van der Waals surface area contributed by atoms with E-state index in [1.807, 2.05) is 12.1 Å². The van der Waals surface area contributed by atoms with Gasteiger partial charge in [-0.05, 0) is 64.4 Å². The van der Waals surface area contributed by atoms with E-state index in [4.69, 9.17) is 9.47 Å². The van der Waals surface area contributed by atoms with Gasteiger partial charge >= 0.3 is 5.97 Å². The number of halogens is 1. The molecular weight excluding hydrogens is 535 g/mol. The Balaban J connectivity index is 1.72. The van der Waals surface area contributed by atoms with Crippen LogP contribution in [0.15, 0.2) is 84.0 Å². The second kappa shape index (κ2) is 11.6. The van der Waals surface area contributed by atoms with Crippen LogP contribution in [-0.2, 0) is 19.9 Å². The molecule has 0 bridgehead atoms. The molecule has 1 amide bonds. The largest absolute Gasteiger partial charge is 0.481 e. The van der Waals surface area contributed by atoms with Gasteiger partial charge in [0.2, 0.25) is 0 Å². The molecule has 3 rings (SSSR count). The van der Waals surface area contributed by atoms with Crippen molar-refractivity contribution in [3.05, 3.63) is 99.1 Å². The molecule has 0 heterocycles. The number of benzene rings is 3. The van der Waals surface area contributed by atoms with Crippen LogP contribution in [0.5, 0.6) is 5.75 Å². The Labute approximate surface area is 205 Å². The Bertz CT molecular complexity index is 1080. The van der Waals surface area contributed by atoms with E-state index in [0.29, 0.717) is 29.0 Å². The number of aliphatic hydroxyl groups is 1. The first-order chi connectivity index (χ1) is 15.9. The standard InChI is InChI=1S/C25H23IN2O5/c1-2-32-23(29)17-33-22-14-13-18(15-21(22)26)16-27-28-24(30)25(31,19-9-5-3-6-10-19)20-11-7-4-8-12-20/h3-16,31H,2,17H2,1H3,(H,28,30)/b27-16+. The maximum atomic E-state index is 13.0. The van der Waals surface area contributed by atoms with Gasteiger partial charge in [-0.2, -0.15) is 5.10 Å². The third kappa shape index (κ3) is 6.17. The van der Waals surface area contributed by atoms with E-state index in [0.717, 1.165) is 3.57 Å². The van der Waals surface area contributed by atoms with Gasteiger partial charge in [0.05, 0.1) is 16.4 Å². The summed E-state index contributed by atoms with van der Waals surface area (Å²) in [6.45, 7) is 1.85. The zero-order valence-electron chi connectivity index (χ0n) is 17.9. The molecule has 3 aromatic carbocycles. The van der Waals surface area contributed by atoms with E-state index < -0.39 is 17.5 Å². The highest BCUT2D eigenvalue weighted by Crippen LogP contribution is 2.30. The van der Waals surface area contributed by atoms with Crippen LogP contribution < -0.4 is 10.2 Å². The second-order valence-electron chi connectivity index (χ2n) is 6.93. The first-order valence-electron chi connectivity index (χ1n) is 10.2. The lowest BCUT2D eigenvalue weighted by molar-refractivity contribution is -0.145. The molecule has 2 N–H and O–H groups in total. The van der Waals surface area contributed by atoms with E-state index in [1.54, 1.807) is 73.7 Å². The molecule has 33 heavy (non-hydrogen) atoms. The van der Waals surface area contributed by atoms with E-state index in [1.165, 1.54) is 6.21 Å². The lowest BCUT2D eigenvalue weighted by Gasteiger charge is -2.27. The molecule has 0 fully saturated rings. The number of hydrogen-bond donors (Lipinski definition) is 2. The fraction of sp³-hybridized carbons (Fsp3) is 0.160. The molecule has 0 radical (unpaired) electrons. The van der Waals surface area contributed by atoms with E-state index in [2.05, 4.69) is 33.1 Å². The number of amides is 1. The minimum Gasteiger partial charge on any atom is -0.481 e. The molecule has 0 aliphatic carbocycles. The number of carbonyl (C=O) groups excluding carboxylic acids is 2. The Kier molecular flexibility index (Phi) is 8.56. The van der Waals surface area contributed by atoms with Crippen LogP contribution in [0.2, 0.25) is 0 Å². The van der Waals surface area contributed by atoms with E-state index in [9.17, 15) is 14.7 Å². The highest BCUT2D eigenvalue weighted by Gasteiger charge is 2.39. The van der Waals surface area contributed by atoms with Crippen LogP contribution >= 0.6 is 22.6 Å². The van der Waals surface area contributed by atoms with Gasteiger partial charge in [-0.3, -0.25) is 4.79 Å². The molecule has 0 atom stereocenters. The fourth-order valence-electron chi connectivity index (χ4n) is 3.09. The molecule has 8 heteroatoms. The predicted octanol–water partition coefficient (Wildman–Crippen LogP) is 3.62. The lowest BCUT2D eigenvalue weighted by Crippen LogP contribution is -2.43. The average Bonchev–Trinajstić information content (AvgIpc) is 2.84. The van der Waals surface area contributed by atoms with Gasteiger partial charge in [0.1, 0.15) is 5.75 Å². The van der Waals surface area contributed by atoms with Gasteiger partial charge in [0, 0.05) is 0 Å². The van der Waals surface area contributed by atoms with Gasteiger partial charge in [-0.1, -0.05) is 60.7 Å². The van der Waals surface area contributed by atoms with Gasteiger partial charge in [-0.25, -0.2) is 10.2 Å². The van der Waals surface area contributed by atoms with E-state index >= 15 is 0 Å². The Morgan fingerprint density at radius 2 is 1.64 bits per heavy atom. The minimum atomic E-state index is -1.90. The molecule has 0 spiro atoms.